The van der Waals surface area contributed by atoms with E-state index in [-0.39, 0.29) is 5.91 Å². The number of hydrogen-bond donors (Lipinski definition) is 1. The van der Waals surface area contributed by atoms with Crippen LogP contribution in [0.15, 0.2) is 77.7 Å². The SMILES string of the molecule is O=C1CCc2cc(OCCCC[S+]([O-])c3ccc(-c4ccccc4)cc3)ccc2N1. The first-order valence-electron chi connectivity index (χ1n) is 10.3. The van der Waals surface area contributed by atoms with Crippen LogP contribution in [-0.2, 0) is 22.4 Å². The molecule has 1 aliphatic heterocycles. The molecule has 5 heteroatoms. The summed E-state index contributed by atoms with van der Waals surface area (Å²) in [5, 5.41) is 2.88. The summed E-state index contributed by atoms with van der Waals surface area (Å²) in [6.07, 6.45) is 2.96. The van der Waals surface area contributed by atoms with Crippen LogP contribution in [-0.4, -0.2) is 22.8 Å². The topological polar surface area (TPSA) is 61.4 Å². The summed E-state index contributed by atoms with van der Waals surface area (Å²) in [7, 11) is 0. The van der Waals surface area contributed by atoms with Crippen molar-refractivity contribution in [1.82, 2.24) is 0 Å². The van der Waals surface area contributed by atoms with Crippen molar-refractivity contribution in [3.05, 3.63) is 78.4 Å². The fourth-order valence-electron chi connectivity index (χ4n) is 3.52. The van der Waals surface area contributed by atoms with Gasteiger partial charge in [0.25, 0.3) is 0 Å². The highest BCUT2D eigenvalue weighted by Crippen LogP contribution is 2.27. The van der Waals surface area contributed by atoms with E-state index in [2.05, 4.69) is 17.4 Å². The predicted octanol–water partition coefficient (Wildman–Crippen LogP) is 5.21. The molecule has 1 N–H and O–H groups in total. The second-order valence-corrected chi connectivity index (χ2v) is 8.93. The zero-order valence-corrected chi connectivity index (χ0v) is 17.6. The molecule has 1 unspecified atom stereocenters. The molecular weight excluding hydrogens is 394 g/mol. The van der Waals surface area contributed by atoms with Crippen molar-refractivity contribution >= 4 is 22.8 Å². The van der Waals surface area contributed by atoms with Crippen molar-refractivity contribution in [1.29, 1.82) is 0 Å². The smallest absolute Gasteiger partial charge is 0.224 e. The van der Waals surface area contributed by atoms with Crippen LogP contribution in [0.3, 0.4) is 0 Å². The Bertz CT molecular complexity index is 989. The van der Waals surface area contributed by atoms with E-state index in [1.807, 2.05) is 60.7 Å². The van der Waals surface area contributed by atoms with Crippen LogP contribution >= 0.6 is 0 Å². The van der Waals surface area contributed by atoms with Crippen LogP contribution < -0.4 is 10.1 Å². The lowest BCUT2D eigenvalue weighted by Gasteiger charge is -2.17. The fraction of sp³-hybridized carbons (Fsp3) is 0.240. The van der Waals surface area contributed by atoms with Gasteiger partial charge in [0.05, 0.1) is 6.61 Å². The van der Waals surface area contributed by atoms with Crippen LogP contribution in [0.2, 0.25) is 0 Å². The van der Waals surface area contributed by atoms with Gasteiger partial charge in [0.2, 0.25) is 5.91 Å². The molecule has 0 aliphatic carbocycles. The number of aryl methyl sites for hydroxylation is 1. The first-order chi connectivity index (χ1) is 14.7. The van der Waals surface area contributed by atoms with Crippen LogP contribution in [0.4, 0.5) is 5.69 Å². The van der Waals surface area contributed by atoms with E-state index in [9.17, 15) is 9.35 Å². The van der Waals surface area contributed by atoms with Gasteiger partial charge in [0.1, 0.15) is 11.5 Å². The Hall–Kier alpha value is -2.76. The third-order valence-electron chi connectivity index (χ3n) is 5.19. The highest BCUT2D eigenvalue weighted by molar-refractivity contribution is 7.91. The fourth-order valence-corrected chi connectivity index (χ4v) is 4.66. The number of nitrogens with one attached hydrogen (secondary N) is 1. The molecule has 0 fully saturated rings. The van der Waals surface area contributed by atoms with Gasteiger partial charge in [-0.1, -0.05) is 30.3 Å². The van der Waals surface area contributed by atoms with Gasteiger partial charge in [-0.2, -0.15) is 0 Å². The minimum atomic E-state index is -0.997. The summed E-state index contributed by atoms with van der Waals surface area (Å²) in [6.45, 7) is 0.593. The highest BCUT2D eigenvalue weighted by atomic mass is 32.2. The Balaban J connectivity index is 1.21. The minimum absolute atomic E-state index is 0.0684. The maximum atomic E-state index is 12.5. The number of anilines is 1. The van der Waals surface area contributed by atoms with Gasteiger partial charge in [-0.05, 0) is 89.6 Å². The Morgan fingerprint density at radius 1 is 0.900 bits per heavy atom. The Morgan fingerprint density at radius 3 is 2.47 bits per heavy atom. The van der Waals surface area contributed by atoms with E-state index in [1.54, 1.807) is 0 Å². The first kappa shape index (κ1) is 20.5. The van der Waals surface area contributed by atoms with Crippen LogP contribution in [0.1, 0.15) is 24.8 Å². The molecule has 3 aromatic rings. The maximum absolute atomic E-state index is 12.5. The molecule has 1 amide bonds. The molecule has 4 nitrogen and oxygen atoms in total. The van der Waals surface area contributed by atoms with E-state index in [0.29, 0.717) is 18.8 Å². The van der Waals surface area contributed by atoms with Crippen LogP contribution in [0.25, 0.3) is 11.1 Å². The molecule has 0 aromatic heterocycles. The molecule has 30 heavy (non-hydrogen) atoms. The zero-order valence-electron chi connectivity index (χ0n) is 16.8. The summed E-state index contributed by atoms with van der Waals surface area (Å²) in [4.78, 5) is 12.3. The molecule has 1 atom stereocenters. The number of fused-ring (bicyclic) bond motifs is 1. The van der Waals surface area contributed by atoms with Crippen molar-refractivity contribution in [3.63, 3.8) is 0 Å². The maximum Gasteiger partial charge on any atom is 0.224 e. The molecule has 4 rings (SSSR count). The first-order valence-corrected chi connectivity index (χ1v) is 11.6. The zero-order chi connectivity index (χ0) is 20.8. The number of rotatable bonds is 8. The normalized spacial score (nSPS) is 14.0. The summed E-state index contributed by atoms with van der Waals surface area (Å²) < 4.78 is 18.4. The van der Waals surface area contributed by atoms with Crippen LogP contribution in [0.5, 0.6) is 5.75 Å². The number of amides is 1. The molecule has 0 bridgehead atoms. The second-order valence-electron chi connectivity index (χ2n) is 7.36. The van der Waals surface area contributed by atoms with Gasteiger partial charge in [-0.25, -0.2) is 0 Å². The molecule has 3 aromatic carbocycles. The number of carbonyl (C=O) groups is 1. The average molecular weight is 420 g/mol. The van der Waals surface area contributed by atoms with Crippen molar-refractivity contribution in [2.24, 2.45) is 0 Å². The van der Waals surface area contributed by atoms with E-state index >= 15 is 0 Å². The lowest BCUT2D eigenvalue weighted by atomic mass is 10.0. The Labute approximate surface area is 180 Å². The van der Waals surface area contributed by atoms with Gasteiger partial charge < -0.3 is 14.6 Å². The lowest BCUT2D eigenvalue weighted by Crippen LogP contribution is -2.18. The molecule has 154 valence electrons. The minimum Gasteiger partial charge on any atom is -0.611 e. The molecule has 0 spiro atoms. The summed E-state index contributed by atoms with van der Waals surface area (Å²) >= 11 is -0.997. The van der Waals surface area contributed by atoms with Gasteiger partial charge in [0, 0.05) is 12.1 Å². The molecule has 1 heterocycles. The highest BCUT2D eigenvalue weighted by Gasteiger charge is 2.15. The van der Waals surface area contributed by atoms with Gasteiger partial charge in [-0.3, -0.25) is 4.79 Å². The molecular formula is C25H25NO3S. The van der Waals surface area contributed by atoms with Crippen molar-refractivity contribution < 1.29 is 14.1 Å². The van der Waals surface area contributed by atoms with E-state index in [4.69, 9.17) is 4.74 Å². The lowest BCUT2D eigenvalue weighted by molar-refractivity contribution is -0.116. The van der Waals surface area contributed by atoms with Gasteiger partial charge >= 0.3 is 0 Å². The van der Waals surface area contributed by atoms with Gasteiger partial charge in [-0.15, -0.1) is 0 Å². The Morgan fingerprint density at radius 2 is 1.67 bits per heavy atom. The van der Waals surface area contributed by atoms with Crippen LogP contribution in [0, 0.1) is 0 Å². The largest absolute Gasteiger partial charge is 0.611 e. The molecule has 1 aliphatic rings. The average Bonchev–Trinajstić information content (AvgIpc) is 2.79. The predicted molar refractivity (Wildman–Crippen MR) is 121 cm³/mol. The Kier molecular flexibility index (Phi) is 6.72. The number of carbonyl (C=O) groups excluding carboxylic acids is 1. The van der Waals surface area contributed by atoms with E-state index in [0.717, 1.165) is 52.3 Å². The summed E-state index contributed by atoms with van der Waals surface area (Å²) in [5.74, 6) is 1.52. The van der Waals surface area contributed by atoms with Gasteiger partial charge in [0.15, 0.2) is 4.90 Å². The molecule has 0 radical (unpaired) electrons. The second kappa shape index (κ2) is 9.83. The summed E-state index contributed by atoms with van der Waals surface area (Å²) in [5.41, 5.74) is 4.30. The quantitative estimate of drug-likeness (QED) is 0.403. The van der Waals surface area contributed by atoms with E-state index < -0.39 is 11.2 Å². The van der Waals surface area contributed by atoms with Crippen molar-refractivity contribution in [2.75, 3.05) is 17.7 Å². The number of benzene rings is 3. The summed E-state index contributed by atoms with van der Waals surface area (Å²) in [6, 6.07) is 24.0. The number of hydrogen-bond acceptors (Lipinski definition) is 3. The van der Waals surface area contributed by atoms with E-state index in [1.165, 1.54) is 0 Å². The third kappa shape index (κ3) is 5.23. The van der Waals surface area contributed by atoms with Crippen molar-refractivity contribution in [3.8, 4) is 16.9 Å². The number of unbranched alkanes of at least 4 members (excludes halogenated alkanes) is 1. The molecule has 0 saturated heterocycles. The standard InChI is InChI=1S/C25H25NO3S/c27-25-15-10-21-18-22(11-14-24(21)26-25)29-16-4-5-17-30(28)23-12-8-20(9-13-23)19-6-2-1-3-7-19/h1-3,6-9,11-14,18H,4-5,10,15-17H2,(H,26,27). The number of ether oxygens (including phenoxy) is 1. The van der Waals surface area contributed by atoms with Crippen molar-refractivity contribution in [2.45, 2.75) is 30.6 Å². The monoisotopic (exact) mass is 419 g/mol. The molecule has 0 saturated carbocycles. The third-order valence-corrected chi connectivity index (χ3v) is 6.65.